The summed E-state index contributed by atoms with van der Waals surface area (Å²) in [7, 11) is 0. The molecule has 21 heavy (non-hydrogen) atoms. The van der Waals surface area contributed by atoms with Crippen LogP contribution in [0.15, 0.2) is 18.5 Å². The molecule has 2 aromatic rings. The predicted molar refractivity (Wildman–Crippen MR) is 86.6 cm³/mol. The van der Waals surface area contributed by atoms with Crippen molar-refractivity contribution in [2.24, 2.45) is 0 Å². The van der Waals surface area contributed by atoms with E-state index in [9.17, 15) is 4.79 Å². The van der Waals surface area contributed by atoms with Gasteiger partial charge in [-0.15, -0.1) is 11.3 Å². The molecule has 3 rings (SSSR count). The van der Waals surface area contributed by atoms with Crippen LogP contribution in [0.25, 0.3) is 10.1 Å². The number of fused-ring (bicyclic) bond motifs is 1. The summed E-state index contributed by atoms with van der Waals surface area (Å²) in [6.45, 7) is 4.70. The van der Waals surface area contributed by atoms with Crippen molar-refractivity contribution in [3.8, 4) is 0 Å². The maximum Gasteiger partial charge on any atom is 0.266 e. The van der Waals surface area contributed by atoms with Crippen molar-refractivity contribution < 1.29 is 4.79 Å². The average molecular weight is 304 g/mol. The molecule has 0 spiro atoms. The Labute approximate surface area is 128 Å². The highest BCUT2D eigenvalue weighted by atomic mass is 32.1. The third-order valence-corrected chi connectivity index (χ3v) is 5.22. The van der Waals surface area contributed by atoms with Gasteiger partial charge in [0, 0.05) is 30.4 Å². The van der Waals surface area contributed by atoms with Crippen LogP contribution in [-0.4, -0.2) is 41.5 Å². The van der Waals surface area contributed by atoms with E-state index in [1.165, 1.54) is 11.3 Å². The molecule has 0 radical (unpaired) electrons. The van der Waals surface area contributed by atoms with E-state index in [-0.39, 0.29) is 5.91 Å². The van der Waals surface area contributed by atoms with E-state index in [2.05, 4.69) is 10.3 Å². The molecule has 0 aliphatic carbocycles. The number of carbonyl (C=O) groups excluding carboxylic acids is 1. The first kappa shape index (κ1) is 14.3. The van der Waals surface area contributed by atoms with Crippen LogP contribution in [-0.2, 0) is 0 Å². The largest absolute Gasteiger partial charge is 0.397 e. The summed E-state index contributed by atoms with van der Waals surface area (Å²) in [6, 6.07) is 2.19. The first-order valence-electron chi connectivity index (χ1n) is 7.36. The Bertz CT molecular complexity index is 648. The lowest BCUT2D eigenvalue weighted by Crippen LogP contribution is -2.46. The number of nitrogens with one attached hydrogen (secondary N) is 1. The molecular weight excluding hydrogens is 284 g/mol. The number of hydrogen-bond donors (Lipinski definition) is 2. The van der Waals surface area contributed by atoms with Crippen LogP contribution in [0.1, 0.15) is 29.4 Å². The first-order valence-corrected chi connectivity index (χ1v) is 8.17. The van der Waals surface area contributed by atoms with E-state index in [0.717, 1.165) is 42.6 Å². The summed E-state index contributed by atoms with van der Waals surface area (Å²) < 4.78 is 0.972. The molecule has 0 unspecified atom stereocenters. The summed E-state index contributed by atoms with van der Waals surface area (Å²) >= 11 is 1.45. The minimum Gasteiger partial charge on any atom is -0.397 e. The zero-order chi connectivity index (χ0) is 14.8. The van der Waals surface area contributed by atoms with Gasteiger partial charge in [-0.3, -0.25) is 9.78 Å². The van der Waals surface area contributed by atoms with Crippen LogP contribution in [0.2, 0.25) is 0 Å². The molecule has 3 N–H and O–H groups in total. The molecular formula is C15H20N4OS. The van der Waals surface area contributed by atoms with Gasteiger partial charge in [0.25, 0.3) is 5.91 Å². The van der Waals surface area contributed by atoms with Gasteiger partial charge < -0.3 is 16.0 Å². The average Bonchev–Trinajstić information content (AvgIpc) is 2.87. The van der Waals surface area contributed by atoms with Crippen molar-refractivity contribution in [1.29, 1.82) is 0 Å². The number of pyridine rings is 1. The molecule has 1 saturated heterocycles. The summed E-state index contributed by atoms with van der Waals surface area (Å²) in [5.41, 5.74) is 6.78. The van der Waals surface area contributed by atoms with Crippen molar-refractivity contribution in [3.05, 3.63) is 23.3 Å². The zero-order valence-corrected chi connectivity index (χ0v) is 12.9. The van der Waals surface area contributed by atoms with Gasteiger partial charge in [0.2, 0.25) is 0 Å². The third-order valence-electron chi connectivity index (χ3n) is 4.08. The second-order valence-electron chi connectivity index (χ2n) is 5.29. The third kappa shape index (κ3) is 2.61. The fourth-order valence-corrected chi connectivity index (χ4v) is 3.99. The van der Waals surface area contributed by atoms with Gasteiger partial charge in [-0.1, -0.05) is 0 Å². The van der Waals surface area contributed by atoms with Crippen LogP contribution >= 0.6 is 11.3 Å². The SMILES string of the molecule is CCN(C(=O)c1sc2cnccc2c1N)C1CCNCC1. The number of anilines is 1. The van der Waals surface area contributed by atoms with E-state index >= 15 is 0 Å². The summed E-state index contributed by atoms with van der Waals surface area (Å²) in [5, 5.41) is 4.27. The molecule has 0 aromatic carbocycles. The lowest BCUT2D eigenvalue weighted by Gasteiger charge is -2.33. The molecule has 1 aliphatic rings. The van der Waals surface area contributed by atoms with Gasteiger partial charge in [-0.25, -0.2) is 0 Å². The lowest BCUT2D eigenvalue weighted by atomic mass is 10.0. The zero-order valence-electron chi connectivity index (χ0n) is 12.1. The van der Waals surface area contributed by atoms with Crippen molar-refractivity contribution in [3.63, 3.8) is 0 Å². The second kappa shape index (κ2) is 5.99. The number of thiophene rings is 1. The number of rotatable bonds is 3. The fourth-order valence-electron chi connectivity index (χ4n) is 2.95. The number of hydrogen-bond acceptors (Lipinski definition) is 5. The summed E-state index contributed by atoms with van der Waals surface area (Å²) in [6.07, 6.45) is 5.50. The minimum absolute atomic E-state index is 0.0584. The number of amides is 1. The molecule has 0 atom stereocenters. The van der Waals surface area contributed by atoms with E-state index in [1.807, 2.05) is 17.9 Å². The first-order chi connectivity index (χ1) is 10.2. The Morgan fingerprint density at radius 1 is 1.52 bits per heavy atom. The van der Waals surface area contributed by atoms with Crippen LogP contribution in [0.3, 0.4) is 0 Å². The van der Waals surface area contributed by atoms with Crippen LogP contribution < -0.4 is 11.1 Å². The second-order valence-corrected chi connectivity index (χ2v) is 6.34. The van der Waals surface area contributed by atoms with Crippen LogP contribution in [0.5, 0.6) is 0 Å². The normalized spacial score (nSPS) is 16.2. The number of nitrogen functional groups attached to an aromatic ring is 1. The maximum atomic E-state index is 12.9. The van der Waals surface area contributed by atoms with Gasteiger partial charge in [0.15, 0.2) is 0 Å². The van der Waals surface area contributed by atoms with Crippen molar-refractivity contribution in [1.82, 2.24) is 15.2 Å². The molecule has 0 saturated carbocycles. The van der Waals surface area contributed by atoms with E-state index in [0.29, 0.717) is 16.6 Å². The van der Waals surface area contributed by atoms with Crippen molar-refractivity contribution >= 4 is 33.0 Å². The number of aromatic nitrogens is 1. The van der Waals surface area contributed by atoms with Crippen LogP contribution in [0, 0.1) is 0 Å². The maximum absolute atomic E-state index is 12.9. The molecule has 3 heterocycles. The number of piperidine rings is 1. The number of carbonyl (C=O) groups is 1. The molecule has 1 amide bonds. The Hall–Kier alpha value is -1.66. The van der Waals surface area contributed by atoms with Gasteiger partial charge in [-0.05, 0) is 38.9 Å². The highest BCUT2D eigenvalue weighted by Crippen LogP contribution is 2.34. The van der Waals surface area contributed by atoms with Crippen molar-refractivity contribution in [2.45, 2.75) is 25.8 Å². The van der Waals surface area contributed by atoms with E-state index < -0.39 is 0 Å². The van der Waals surface area contributed by atoms with E-state index in [4.69, 9.17) is 5.73 Å². The van der Waals surface area contributed by atoms with Crippen molar-refractivity contribution in [2.75, 3.05) is 25.4 Å². The summed E-state index contributed by atoms with van der Waals surface area (Å²) in [5.74, 6) is 0.0584. The highest BCUT2D eigenvalue weighted by Gasteiger charge is 2.27. The monoisotopic (exact) mass is 304 g/mol. The topological polar surface area (TPSA) is 71.2 Å². The summed E-state index contributed by atoms with van der Waals surface area (Å²) in [4.78, 5) is 19.6. The smallest absolute Gasteiger partial charge is 0.266 e. The van der Waals surface area contributed by atoms with Gasteiger partial charge in [-0.2, -0.15) is 0 Å². The molecule has 0 bridgehead atoms. The predicted octanol–water partition coefficient (Wildman–Crippen LogP) is 2.09. The lowest BCUT2D eigenvalue weighted by molar-refractivity contribution is 0.0662. The van der Waals surface area contributed by atoms with Gasteiger partial charge in [0.1, 0.15) is 4.88 Å². The van der Waals surface area contributed by atoms with Crippen LogP contribution in [0.4, 0.5) is 5.69 Å². The molecule has 1 fully saturated rings. The molecule has 2 aromatic heterocycles. The Kier molecular flexibility index (Phi) is 4.07. The Morgan fingerprint density at radius 3 is 2.95 bits per heavy atom. The van der Waals surface area contributed by atoms with Gasteiger partial charge in [0.05, 0.1) is 10.4 Å². The Morgan fingerprint density at radius 2 is 2.29 bits per heavy atom. The minimum atomic E-state index is 0.0584. The highest BCUT2D eigenvalue weighted by molar-refractivity contribution is 7.21. The number of nitrogens with zero attached hydrogens (tertiary/aromatic N) is 2. The molecule has 5 nitrogen and oxygen atoms in total. The Balaban J connectivity index is 1.92. The van der Waals surface area contributed by atoms with E-state index in [1.54, 1.807) is 12.4 Å². The standard InChI is InChI=1S/C15H20N4OS/c1-2-19(10-3-6-17-7-4-10)15(20)14-13(16)11-5-8-18-9-12(11)21-14/h5,8-10,17H,2-4,6-7,16H2,1H3. The molecule has 1 aliphatic heterocycles. The fraction of sp³-hybridized carbons (Fsp3) is 0.467. The number of nitrogens with two attached hydrogens (primary N) is 1. The quantitative estimate of drug-likeness (QED) is 0.911. The molecule has 112 valence electrons. The molecule has 6 heteroatoms. The van der Waals surface area contributed by atoms with Gasteiger partial charge >= 0.3 is 0 Å².